The van der Waals surface area contributed by atoms with E-state index in [2.05, 4.69) is 37.3 Å². The van der Waals surface area contributed by atoms with Gasteiger partial charge in [0.2, 0.25) is 0 Å². The van der Waals surface area contributed by atoms with Gasteiger partial charge in [-0.15, -0.1) is 0 Å². The van der Waals surface area contributed by atoms with Crippen LogP contribution in [0, 0.1) is 31.0 Å². The fraction of sp³-hybridized carbons (Fsp3) is 0.385. The van der Waals surface area contributed by atoms with Crippen LogP contribution < -0.4 is 0 Å². The summed E-state index contributed by atoms with van der Waals surface area (Å²) in [5.41, 5.74) is 5.09. The molecule has 0 bridgehead atoms. The summed E-state index contributed by atoms with van der Waals surface area (Å²) < 4.78 is 23.4. The first kappa shape index (κ1) is 23.9. The predicted molar refractivity (Wildman–Crippen MR) is 132 cm³/mol. The van der Waals surface area contributed by atoms with Crippen LogP contribution in [0.25, 0.3) is 17.0 Å². The Morgan fingerprint density at radius 3 is 2.66 bits per heavy atom. The van der Waals surface area contributed by atoms with E-state index in [4.69, 9.17) is 4.74 Å². The van der Waals surface area contributed by atoms with Gasteiger partial charge in [-0.25, -0.2) is 4.39 Å². The Bertz CT molecular complexity index is 1200. The normalized spacial score (nSPS) is 12.7. The van der Waals surface area contributed by atoms with Crippen LogP contribution in [-0.4, -0.2) is 24.2 Å². The lowest BCUT2D eigenvalue weighted by molar-refractivity contribution is 0.0889. The zero-order valence-corrected chi connectivity index (χ0v) is 20.9. The number of benzene rings is 1. The highest BCUT2D eigenvalue weighted by Crippen LogP contribution is 2.38. The third-order valence-corrected chi connectivity index (χ3v) is 7.80. The first-order valence-corrected chi connectivity index (χ1v) is 14.7. The van der Waals surface area contributed by atoms with Gasteiger partial charge >= 0.3 is 0 Å². The third kappa shape index (κ3) is 4.69. The van der Waals surface area contributed by atoms with Gasteiger partial charge in [-0.2, -0.15) is 5.26 Å². The van der Waals surface area contributed by atoms with Crippen molar-refractivity contribution in [3.63, 3.8) is 0 Å². The average Bonchev–Trinajstić information content (AvgIpc) is 3.00. The summed E-state index contributed by atoms with van der Waals surface area (Å²) in [6.07, 6.45) is 1.69. The second-order valence-corrected chi connectivity index (χ2v) is 15.2. The fourth-order valence-corrected chi connectivity index (χ4v) is 4.80. The average molecular weight is 450 g/mol. The van der Waals surface area contributed by atoms with Crippen molar-refractivity contribution in [2.24, 2.45) is 0 Å². The lowest BCUT2D eigenvalue weighted by Crippen LogP contribution is -2.22. The Balaban J connectivity index is 2.14. The molecule has 2 aromatic heterocycles. The van der Waals surface area contributed by atoms with E-state index in [1.807, 2.05) is 43.5 Å². The molecule has 0 aliphatic carbocycles. The lowest BCUT2D eigenvalue weighted by Gasteiger charge is -2.18. The summed E-state index contributed by atoms with van der Waals surface area (Å²) in [6, 6.07) is 10.3. The van der Waals surface area contributed by atoms with Gasteiger partial charge < -0.3 is 9.30 Å². The highest BCUT2D eigenvalue weighted by atomic mass is 28.3. The molecule has 2 heterocycles. The molecule has 0 amide bonds. The quantitative estimate of drug-likeness (QED) is 0.282. The molecule has 1 unspecified atom stereocenters. The highest BCUT2D eigenvalue weighted by Gasteiger charge is 2.25. The Morgan fingerprint density at radius 1 is 1.31 bits per heavy atom. The van der Waals surface area contributed by atoms with Crippen LogP contribution in [0.15, 0.2) is 30.8 Å². The number of hydrogen-bond acceptors (Lipinski definition) is 3. The Labute approximate surface area is 191 Å². The first-order chi connectivity index (χ1) is 15.1. The Kier molecular flexibility index (Phi) is 7.02. The van der Waals surface area contributed by atoms with Crippen LogP contribution in [0.4, 0.5) is 4.39 Å². The van der Waals surface area contributed by atoms with E-state index in [0.29, 0.717) is 24.5 Å². The molecule has 0 radical (unpaired) electrons. The van der Waals surface area contributed by atoms with Gasteiger partial charge in [0.05, 0.1) is 16.8 Å². The highest BCUT2D eigenvalue weighted by molar-refractivity contribution is 6.76. The second-order valence-electron chi connectivity index (χ2n) is 9.55. The van der Waals surface area contributed by atoms with Gasteiger partial charge in [-0.1, -0.05) is 39.2 Å². The second kappa shape index (κ2) is 9.39. The van der Waals surface area contributed by atoms with Crippen molar-refractivity contribution in [3.8, 4) is 6.07 Å². The summed E-state index contributed by atoms with van der Waals surface area (Å²) in [5, 5.41) is 10.6. The number of nitrogens with zero attached hydrogens (tertiary/aromatic N) is 3. The van der Waals surface area contributed by atoms with Crippen molar-refractivity contribution >= 4 is 25.1 Å². The molecule has 0 aliphatic rings. The molecule has 6 heteroatoms. The number of ether oxygens (including phenoxy) is 1. The van der Waals surface area contributed by atoms with Crippen molar-refractivity contribution in [1.82, 2.24) is 9.55 Å². The van der Waals surface area contributed by atoms with Crippen LogP contribution in [0.2, 0.25) is 25.7 Å². The van der Waals surface area contributed by atoms with Gasteiger partial charge in [0, 0.05) is 42.9 Å². The van der Waals surface area contributed by atoms with Crippen molar-refractivity contribution in [1.29, 1.82) is 5.26 Å². The lowest BCUT2D eigenvalue weighted by atomic mass is 9.90. The van der Waals surface area contributed by atoms with E-state index >= 15 is 4.39 Å². The molecule has 3 aromatic rings. The SMILES string of the molecule is C=Cc1cccc(C(C)c2c(F)cc(C#N)c3c2c(C)c(C)n3COCC[Si](C)(C)C)n1. The summed E-state index contributed by atoms with van der Waals surface area (Å²) in [4.78, 5) is 4.62. The fourth-order valence-electron chi connectivity index (χ4n) is 4.04. The maximum atomic E-state index is 15.4. The molecule has 0 saturated carbocycles. The minimum atomic E-state index is -1.20. The van der Waals surface area contributed by atoms with E-state index < -0.39 is 8.07 Å². The van der Waals surface area contributed by atoms with Crippen molar-refractivity contribution in [2.45, 2.75) is 59.1 Å². The van der Waals surface area contributed by atoms with Gasteiger partial charge in [0.15, 0.2) is 0 Å². The molecule has 0 aliphatic heterocycles. The number of fused-ring (bicyclic) bond motifs is 1. The minimum Gasteiger partial charge on any atom is -0.361 e. The molecule has 32 heavy (non-hydrogen) atoms. The van der Waals surface area contributed by atoms with Crippen LogP contribution in [-0.2, 0) is 11.5 Å². The minimum absolute atomic E-state index is 0.285. The monoisotopic (exact) mass is 449 g/mol. The molecule has 0 N–H and O–H groups in total. The van der Waals surface area contributed by atoms with E-state index in [1.54, 1.807) is 6.08 Å². The molecule has 1 atom stereocenters. The zero-order chi connectivity index (χ0) is 23.6. The molecule has 0 saturated heterocycles. The zero-order valence-electron chi connectivity index (χ0n) is 19.9. The smallest absolute Gasteiger partial charge is 0.129 e. The van der Waals surface area contributed by atoms with Gasteiger partial charge in [0.25, 0.3) is 0 Å². The Hall–Kier alpha value is -2.75. The molecular weight excluding hydrogens is 417 g/mol. The molecule has 168 valence electrons. The standard InChI is InChI=1S/C26H32FN3OSi/c1-8-21-10-9-11-23(29-21)18(3)24-22(27)14-20(15-28)26-25(24)17(2)19(4)30(26)16-31-12-13-32(5,6)7/h8-11,14,18H,1,12-13,16H2,2-7H3. The molecule has 0 fully saturated rings. The largest absolute Gasteiger partial charge is 0.361 e. The summed E-state index contributed by atoms with van der Waals surface area (Å²) in [5.74, 6) is -0.667. The van der Waals surface area contributed by atoms with Crippen LogP contribution in [0.3, 0.4) is 0 Å². The number of rotatable bonds is 8. The summed E-state index contributed by atoms with van der Waals surface area (Å²) in [6.45, 7) is 17.7. The number of pyridine rings is 1. The van der Waals surface area contributed by atoms with Gasteiger partial charge in [-0.3, -0.25) is 4.98 Å². The third-order valence-electron chi connectivity index (χ3n) is 6.10. The topological polar surface area (TPSA) is 50.8 Å². The van der Waals surface area contributed by atoms with E-state index in [0.717, 1.165) is 39.6 Å². The van der Waals surface area contributed by atoms with Gasteiger partial charge in [-0.05, 0) is 49.7 Å². The molecule has 1 aromatic carbocycles. The molecule has 3 rings (SSSR count). The number of aryl methyl sites for hydroxylation is 1. The van der Waals surface area contributed by atoms with E-state index in [1.165, 1.54) is 6.07 Å². The summed E-state index contributed by atoms with van der Waals surface area (Å²) in [7, 11) is -1.20. The van der Waals surface area contributed by atoms with Gasteiger partial charge in [0.1, 0.15) is 18.6 Å². The number of nitriles is 1. The van der Waals surface area contributed by atoms with Crippen molar-refractivity contribution in [2.75, 3.05) is 6.61 Å². The number of aromatic nitrogens is 2. The summed E-state index contributed by atoms with van der Waals surface area (Å²) >= 11 is 0. The number of hydrogen-bond donors (Lipinski definition) is 0. The number of halogens is 1. The van der Waals surface area contributed by atoms with Crippen LogP contribution >= 0.6 is 0 Å². The maximum absolute atomic E-state index is 15.4. The predicted octanol–water partition coefficient (Wildman–Crippen LogP) is 6.77. The van der Waals surface area contributed by atoms with E-state index in [9.17, 15) is 5.26 Å². The van der Waals surface area contributed by atoms with Crippen LogP contribution in [0.1, 0.15) is 46.6 Å². The van der Waals surface area contributed by atoms with E-state index in [-0.39, 0.29) is 11.7 Å². The van der Waals surface area contributed by atoms with Crippen LogP contribution in [0.5, 0.6) is 0 Å². The van der Waals surface area contributed by atoms with Crippen molar-refractivity contribution < 1.29 is 9.13 Å². The molecular formula is C26H32FN3OSi. The van der Waals surface area contributed by atoms with Crippen molar-refractivity contribution in [3.05, 3.63) is 70.4 Å². The first-order valence-electron chi connectivity index (χ1n) is 11.0. The molecule has 4 nitrogen and oxygen atoms in total. The molecule has 0 spiro atoms. The maximum Gasteiger partial charge on any atom is 0.129 e. The Morgan fingerprint density at radius 2 is 2.03 bits per heavy atom.